The van der Waals surface area contributed by atoms with E-state index >= 15 is 0 Å². The maximum absolute atomic E-state index is 11.4. The molecule has 1 saturated carbocycles. The van der Waals surface area contributed by atoms with Gasteiger partial charge in [0.2, 0.25) is 0 Å². The van der Waals surface area contributed by atoms with Crippen LogP contribution in [0, 0.1) is 11.3 Å². The molecule has 0 aromatic carbocycles. The van der Waals surface area contributed by atoms with Crippen molar-refractivity contribution in [3.05, 3.63) is 0 Å². The van der Waals surface area contributed by atoms with Crippen molar-refractivity contribution in [1.82, 2.24) is 0 Å². The van der Waals surface area contributed by atoms with E-state index in [9.17, 15) is 4.79 Å². The third-order valence-corrected chi connectivity index (χ3v) is 3.15. The Hall–Kier alpha value is -0.330. The fourth-order valence-corrected chi connectivity index (χ4v) is 2.16. The fourth-order valence-electron chi connectivity index (χ4n) is 2.16. The number of hydrogen-bond donors (Lipinski definition) is 0. The molecular weight excluding hydrogens is 136 g/mol. The third-order valence-electron chi connectivity index (χ3n) is 3.15. The molecule has 0 radical (unpaired) electrons. The molecule has 1 heteroatoms. The zero-order valence-electron chi connectivity index (χ0n) is 7.81. The van der Waals surface area contributed by atoms with E-state index in [0.717, 1.165) is 25.7 Å². The second kappa shape index (κ2) is 2.96. The first-order valence-corrected chi connectivity index (χ1v) is 4.67. The Morgan fingerprint density at radius 1 is 1.55 bits per heavy atom. The molecule has 1 rings (SSSR count). The van der Waals surface area contributed by atoms with Gasteiger partial charge >= 0.3 is 0 Å². The Morgan fingerprint density at radius 3 is 2.27 bits per heavy atom. The lowest BCUT2D eigenvalue weighted by molar-refractivity contribution is -0.142. The van der Waals surface area contributed by atoms with Gasteiger partial charge in [0.05, 0.1) is 0 Å². The molecule has 0 spiro atoms. The van der Waals surface area contributed by atoms with Crippen molar-refractivity contribution in [3.63, 3.8) is 0 Å². The summed E-state index contributed by atoms with van der Waals surface area (Å²) < 4.78 is 0. The zero-order valence-corrected chi connectivity index (χ0v) is 7.81. The first kappa shape index (κ1) is 8.76. The SMILES string of the molecule is CCCC1(C(C)C)CCC1=O. The molecule has 0 aliphatic heterocycles. The molecule has 1 aliphatic rings. The van der Waals surface area contributed by atoms with Gasteiger partial charge in [0, 0.05) is 11.8 Å². The van der Waals surface area contributed by atoms with Gasteiger partial charge in [-0.15, -0.1) is 0 Å². The number of Topliss-reactive ketones (excluding diaryl/α,β-unsaturated/α-hetero) is 1. The molecule has 1 atom stereocenters. The van der Waals surface area contributed by atoms with E-state index in [4.69, 9.17) is 0 Å². The van der Waals surface area contributed by atoms with Crippen LogP contribution in [0.3, 0.4) is 0 Å². The maximum Gasteiger partial charge on any atom is 0.139 e. The minimum absolute atomic E-state index is 0.0920. The Labute approximate surface area is 69.2 Å². The molecule has 1 unspecified atom stereocenters. The van der Waals surface area contributed by atoms with Crippen LogP contribution in [-0.2, 0) is 4.79 Å². The van der Waals surface area contributed by atoms with E-state index in [-0.39, 0.29) is 5.41 Å². The number of carbonyl (C=O) groups is 1. The highest BCUT2D eigenvalue weighted by molar-refractivity contribution is 5.90. The molecule has 1 nitrogen and oxygen atoms in total. The van der Waals surface area contributed by atoms with Crippen LogP contribution >= 0.6 is 0 Å². The van der Waals surface area contributed by atoms with Crippen LogP contribution in [0.5, 0.6) is 0 Å². The normalized spacial score (nSPS) is 30.7. The van der Waals surface area contributed by atoms with Gasteiger partial charge in [-0.3, -0.25) is 4.79 Å². The largest absolute Gasteiger partial charge is 0.299 e. The van der Waals surface area contributed by atoms with E-state index in [2.05, 4.69) is 20.8 Å². The van der Waals surface area contributed by atoms with Crippen LogP contribution in [0.2, 0.25) is 0 Å². The quantitative estimate of drug-likeness (QED) is 0.611. The highest BCUT2D eigenvalue weighted by Crippen LogP contribution is 2.47. The van der Waals surface area contributed by atoms with E-state index < -0.39 is 0 Å². The average molecular weight is 154 g/mol. The zero-order chi connectivity index (χ0) is 8.48. The molecule has 0 bridgehead atoms. The summed E-state index contributed by atoms with van der Waals surface area (Å²) in [6, 6.07) is 0. The number of carbonyl (C=O) groups excluding carboxylic acids is 1. The summed E-state index contributed by atoms with van der Waals surface area (Å²) in [6.45, 7) is 6.51. The maximum atomic E-state index is 11.4. The van der Waals surface area contributed by atoms with Gasteiger partial charge in [-0.05, 0) is 18.8 Å². The molecule has 0 heterocycles. The van der Waals surface area contributed by atoms with Crippen molar-refractivity contribution in [2.45, 2.75) is 46.5 Å². The van der Waals surface area contributed by atoms with E-state index in [1.165, 1.54) is 0 Å². The molecule has 0 amide bonds. The van der Waals surface area contributed by atoms with Crippen LogP contribution in [0.1, 0.15) is 46.5 Å². The van der Waals surface area contributed by atoms with Crippen molar-refractivity contribution in [2.24, 2.45) is 11.3 Å². The standard InChI is InChI=1S/C10H18O/c1-4-6-10(8(2)3)7-5-9(10)11/h8H,4-7H2,1-3H3. The van der Waals surface area contributed by atoms with Gasteiger partial charge in [-0.25, -0.2) is 0 Å². The Bertz CT molecular complexity index is 160. The molecule has 11 heavy (non-hydrogen) atoms. The minimum atomic E-state index is 0.0920. The van der Waals surface area contributed by atoms with Gasteiger partial charge in [-0.2, -0.15) is 0 Å². The number of hydrogen-bond acceptors (Lipinski definition) is 1. The number of ketones is 1. The average Bonchev–Trinajstić information content (AvgIpc) is 1.96. The van der Waals surface area contributed by atoms with Gasteiger partial charge in [0.25, 0.3) is 0 Å². The van der Waals surface area contributed by atoms with Crippen molar-refractivity contribution in [1.29, 1.82) is 0 Å². The summed E-state index contributed by atoms with van der Waals surface area (Å²) in [5.74, 6) is 1.05. The topological polar surface area (TPSA) is 17.1 Å². The summed E-state index contributed by atoms with van der Waals surface area (Å²) in [5, 5.41) is 0. The van der Waals surface area contributed by atoms with Crippen LogP contribution in [0.4, 0.5) is 0 Å². The summed E-state index contributed by atoms with van der Waals surface area (Å²) in [6.07, 6.45) is 4.21. The predicted molar refractivity (Wildman–Crippen MR) is 46.4 cm³/mol. The lowest BCUT2D eigenvalue weighted by Crippen LogP contribution is -2.44. The number of rotatable bonds is 3. The van der Waals surface area contributed by atoms with Crippen molar-refractivity contribution < 1.29 is 4.79 Å². The van der Waals surface area contributed by atoms with Crippen LogP contribution in [0.25, 0.3) is 0 Å². The second-order valence-electron chi connectivity index (χ2n) is 3.98. The van der Waals surface area contributed by atoms with Crippen LogP contribution < -0.4 is 0 Å². The van der Waals surface area contributed by atoms with Crippen molar-refractivity contribution in [2.75, 3.05) is 0 Å². The van der Waals surface area contributed by atoms with Crippen LogP contribution in [0.15, 0.2) is 0 Å². The molecule has 64 valence electrons. The highest BCUT2D eigenvalue weighted by Gasteiger charge is 2.46. The molecule has 0 saturated heterocycles. The molecule has 1 aliphatic carbocycles. The summed E-state index contributed by atoms with van der Waals surface area (Å²) in [4.78, 5) is 11.4. The molecule has 1 fully saturated rings. The minimum Gasteiger partial charge on any atom is -0.299 e. The first-order chi connectivity index (χ1) is 5.13. The van der Waals surface area contributed by atoms with E-state index in [1.807, 2.05) is 0 Å². The second-order valence-corrected chi connectivity index (χ2v) is 3.98. The van der Waals surface area contributed by atoms with Gasteiger partial charge in [0.1, 0.15) is 5.78 Å². The fraction of sp³-hybridized carbons (Fsp3) is 0.900. The van der Waals surface area contributed by atoms with E-state index in [1.54, 1.807) is 0 Å². The predicted octanol–water partition coefficient (Wildman–Crippen LogP) is 2.79. The summed E-state index contributed by atoms with van der Waals surface area (Å²) >= 11 is 0. The lowest BCUT2D eigenvalue weighted by atomic mass is 9.59. The summed E-state index contributed by atoms with van der Waals surface area (Å²) in [5.41, 5.74) is 0.0920. The Balaban J connectivity index is 2.64. The lowest BCUT2D eigenvalue weighted by Gasteiger charge is -2.43. The highest BCUT2D eigenvalue weighted by atomic mass is 16.1. The Kier molecular flexibility index (Phi) is 2.36. The summed E-state index contributed by atoms with van der Waals surface area (Å²) in [7, 11) is 0. The molecular formula is C10H18O. The Morgan fingerprint density at radius 2 is 2.18 bits per heavy atom. The first-order valence-electron chi connectivity index (χ1n) is 4.67. The van der Waals surface area contributed by atoms with E-state index in [0.29, 0.717) is 11.7 Å². The molecule has 0 N–H and O–H groups in total. The van der Waals surface area contributed by atoms with Crippen molar-refractivity contribution in [3.8, 4) is 0 Å². The smallest absolute Gasteiger partial charge is 0.139 e. The van der Waals surface area contributed by atoms with Crippen molar-refractivity contribution >= 4 is 5.78 Å². The third kappa shape index (κ3) is 1.21. The van der Waals surface area contributed by atoms with Crippen LogP contribution in [-0.4, -0.2) is 5.78 Å². The van der Waals surface area contributed by atoms with Gasteiger partial charge in [0.15, 0.2) is 0 Å². The molecule has 0 aromatic heterocycles. The molecule has 0 aromatic rings. The monoisotopic (exact) mass is 154 g/mol. The van der Waals surface area contributed by atoms with Gasteiger partial charge < -0.3 is 0 Å². The van der Waals surface area contributed by atoms with Gasteiger partial charge in [-0.1, -0.05) is 27.2 Å².